The van der Waals surface area contributed by atoms with Crippen LogP contribution < -0.4 is 10.1 Å². The molecule has 2 aromatic heterocycles. The zero-order chi connectivity index (χ0) is 17.2. The normalized spacial score (nSPS) is 24.2. The molecule has 0 spiro atoms. The highest BCUT2D eigenvalue weighted by Gasteiger charge is 2.41. The minimum Gasteiger partial charge on any atom is -0.481 e. The van der Waals surface area contributed by atoms with Crippen LogP contribution in [0.4, 0.5) is 5.95 Å². The quantitative estimate of drug-likeness (QED) is 0.868. The molecule has 0 unspecified atom stereocenters. The third-order valence-corrected chi connectivity index (χ3v) is 5.33. The van der Waals surface area contributed by atoms with Gasteiger partial charge in [-0.15, -0.1) is 0 Å². The number of piperidine rings is 1. The molecule has 0 bridgehead atoms. The minimum atomic E-state index is 0.409. The van der Waals surface area contributed by atoms with E-state index in [1.54, 1.807) is 19.4 Å². The summed E-state index contributed by atoms with van der Waals surface area (Å²) in [5.74, 6) is 1.73. The van der Waals surface area contributed by atoms with E-state index in [0.29, 0.717) is 23.8 Å². The number of ether oxygens (including phenoxy) is 1. The van der Waals surface area contributed by atoms with Gasteiger partial charge in [0.2, 0.25) is 11.8 Å². The summed E-state index contributed by atoms with van der Waals surface area (Å²) in [7, 11) is 3.67. The Kier molecular flexibility index (Phi) is 4.57. The summed E-state index contributed by atoms with van der Waals surface area (Å²) in [6.45, 7) is 2.04. The molecule has 2 atom stereocenters. The first-order valence-electron chi connectivity index (χ1n) is 9.11. The predicted octanol–water partition coefficient (Wildman–Crippen LogP) is 2.25. The second-order valence-electron chi connectivity index (χ2n) is 7.00. The lowest BCUT2D eigenvalue weighted by molar-refractivity contribution is 0.0841. The number of rotatable bonds is 6. The van der Waals surface area contributed by atoms with E-state index in [9.17, 15) is 0 Å². The van der Waals surface area contributed by atoms with Crippen molar-refractivity contribution in [3.05, 3.63) is 30.2 Å². The molecular weight excluding hydrogens is 316 g/mol. The van der Waals surface area contributed by atoms with E-state index >= 15 is 0 Å². The molecule has 1 aliphatic carbocycles. The summed E-state index contributed by atoms with van der Waals surface area (Å²) < 4.78 is 7.22. The molecule has 1 N–H and O–H groups in total. The molecule has 25 heavy (non-hydrogen) atoms. The summed E-state index contributed by atoms with van der Waals surface area (Å²) in [5.41, 5.74) is 1.31. The molecule has 2 fully saturated rings. The standard InChI is InChI=1S/C18H26N6O/c1-23-15(7-10-21-23)17-13(4-3-11-24(17)14-5-6-14)12-20-18-19-9-8-16(22-18)25-2/h7-10,13-14,17H,3-6,11-12H2,1-2H3,(H,19,20,22)/t13-,17+/m0/s1. The Morgan fingerprint density at radius 1 is 1.24 bits per heavy atom. The molecule has 134 valence electrons. The van der Waals surface area contributed by atoms with Crippen LogP contribution in [0.2, 0.25) is 0 Å². The number of nitrogens with zero attached hydrogens (tertiary/aromatic N) is 5. The number of likely N-dealkylation sites (tertiary alicyclic amines) is 1. The number of hydrogen-bond acceptors (Lipinski definition) is 6. The van der Waals surface area contributed by atoms with Crippen molar-refractivity contribution in [3.63, 3.8) is 0 Å². The largest absolute Gasteiger partial charge is 0.481 e. The first-order valence-corrected chi connectivity index (χ1v) is 9.11. The van der Waals surface area contributed by atoms with Gasteiger partial charge in [-0.1, -0.05) is 0 Å². The van der Waals surface area contributed by atoms with Crippen molar-refractivity contribution < 1.29 is 4.74 Å². The SMILES string of the molecule is COc1ccnc(NC[C@@H]2CCCN(C3CC3)[C@H]2c2ccnn2C)n1. The van der Waals surface area contributed by atoms with Gasteiger partial charge in [-0.05, 0) is 44.2 Å². The number of anilines is 1. The maximum absolute atomic E-state index is 5.19. The fourth-order valence-electron chi connectivity index (χ4n) is 3.98. The molecule has 0 radical (unpaired) electrons. The molecule has 4 rings (SSSR count). The summed E-state index contributed by atoms with van der Waals surface area (Å²) in [6.07, 6.45) is 8.74. The Morgan fingerprint density at radius 2 is 2.12 bits per heavy atom. The lowest BCUT2D eigenvalue weighted by Gasteiger charge is -2.41. The highest BCUT2D eigenvalue weighted by molar-refractivity contribution is 5.28. The number of aromatic nitrogens is 4. The van der Waals surface area contributed by atoms with Gasteiger partial charge in [-0.2, -0.15) is 10.1 Å². The lowest BCUT2D eigenvalue weighted by Crippen LogP contribution is -2.43. The van der Waals surface area contributed by atoms with Gasteiger partial charge in [-0.25, -0.2) is 4.98 Å². The molecule has 1 aliphatic heterocycles. The first-order chi connectivity index (χ1) is 12.3. The fourth-order valence-corrected chi connectivity index (χ4v) is 3.98. The van der Waals surface area contributed by atoms with E-state index in [-0.39, 0.29) is 0 Å². The maximum atomic E-state index is 5.19. The van der Waals surface area contributed by atoms with Gasteiger partial charge in [0.05, 0.1) is 18.8 Å². The monoisotopic (exact) mass is 342 g/mol. The van der Waals surface area contributed by atoms with E-state index < -0.39 is 0 Å². The smallest absolute Gasteiger partial charge is 0.225 e. The highest BCUT2D eigenvalue weighted by Crippen LogP contribution is 2.42. The van der Waals surface area contributed by atoms with Crippen molar-refractivity contribution in [2.75, 3.05) is 25.5 Å². The van der Waals surface area contributed by atoms with Gasteiger partial charge < -0.3 is 10.1 Å². The number of nitrogens with one attached hydrogen (secondary N) is 1. The third kappa shape index (κ3) is 3.46. The second kappa shape index (κ2) is 7.00. The summed E-state index contributed by atoms with van der Waals surface area (Å²) >= 11 is 0. The summed E-state index contributed by atoms with van der Waals surface area (Å²) in [5, 5.41) is 7.83. The van der Waals surface area contributed by atoms with E-state index in [0.717, 1.165) is 12.6 Å². The Balaban J connectivity index is 1.52. The molecular formula is C18H26N6O. The van der Waals surface area contributed by atoms with Gasteiger partial charge in [0, 0.05) is 38.1 Å². The maximum Gasteiger partial charge on any atom is 0.225 e. The number of aryl methyl sites for hydroxylation is 1. The topological polar surface area (TPSA) is 68.1 Å². The minimum absolute atomic E-state index is 0.409. The van der Waals surface area contributed by atoms with Crippen molar-refractivity contribution in [2.45, 2.75) is 37.8 Å². The van der Waals surface area contributed by atoms with E-state index in [1.807, 2.05) is 17.9 Å². The molecule has 2 aliphatic rings. The average Bonchev–Trinajstić information content (AvgIpc) is 3.41. The molecule has 2 aromatic rings. The van der Waals surface area contributed by atoms with Gasteiger partial charge in [0.25, 0.3) is 0 Å². The summed E-state index contributed by atoms with van der Waals surface area (Å²) in [6, 6.07) is 5.09. The van der Waals surface area contributed by atoms with Gasteiger partial charge >= 0.3 is 0 Å². The predicted molar refractivity (Wildman–Crippen MR) is 95.5 cm³/mol. The van der Waals surface area contributed by atoms with E-state index in [2.05, 4.69) is 31.3 Å². The Labute approximate surface area is 148 Å². The molecule has 1 saturated carbocycles. The van der Waals surface area contributed by atoms with Crippen LogP contribution in [0, 0.1) is 5.92 Å². The average molecular weight is 342 g/mol. The van der Waals surface area contributed by atoms with Crippen LogP contribution in [0.3, 0.4) is 0 Å². The first kappa shape index (κ1) is 16.3. The number of hydrogen-bond donors (Lipinski definition) is 1. The van der Waals surface area contributed by atoms with Crippen LogP contribution in [-0.4, -0.2) is 50.9 Å². The van der Waals surface area contributed by atoms with Crippen molar-refractivity contribution in [3.8, 4) is 5.88 Å². The molecule has 1 saturated heterocycles. The Bertz CT molecular complexity index is 713. The van der Waals surface area contributed by atoms with E-state index in [4.69, 9.17) is 4.74 Å². The number of methoxy groups -OCH3 is 1. The Hall–Kier alpha value is -2.15. The van der Waals surface area contributed by atoms with Crippen LogP contribution in [0.5, 0.6) is 5.88 Å². The second-order valence-corrected chi connectivity index (χ2v) is 7.00. The molecule has 3 heterocycles. The highest BCUT2D eigenvalue weighted by atomic mass is 16.5. The van der Waals surface area contributed by atoms with Gasteiger partial charge in [-0.3, -0.25) is 9.58 Å². The molecule has 7 heteroatoms. The Morgan fingerprint density at radius 3 is 2.84 bits per heavy atom. The van der Waals surface area contributed by atoms with Gasteiger partial charge in [0.15, 0.2) is 0 Å². The van der Waals surface area contributed by atoms with Crippen molar-refractivity contribution >= 4 is 5.95 Å². The zero-order valence-electron chi connectivity index (χ0n) is 14.9. The third-order valence-electron chi connectivity index (χ3n) is 5.33. The van der Waals surface area contributed by atoms with Crippen LogP contribution in [0.1, 0.15) is 37.4 Å². The van der Waals surface area contributed by atoms with Crippen LogP contribution in [0.25, 0.3) is 0 Å². The van der Waals surface area contributed by atoms with Crippen LogP contribution in [0.15, 0.2) is 24.5 Å². The van der Waals surface area contributed by atoms with Gasteiger partial charge in [0.1, 0.15) is 0 Å². The molecule has 0 aromatic carbocycles. The molecule has 0 amide bonds. The van der Waals surface area contributed by atoms with E-state index in [1.165, 1.54) is 37.9 Å². The van der Waals surface area contributed by atoms with Crippen molar-refractivity contribution in [1.29, 1.82) is 0 Å². The van der Waals surface area contributed by atoms with Crippen molar-refractivity contribution in [1.82, 2.24) is 24.6 Å². The fraction of sp³-hybridized carbons (Fsp3) is 0.611. The van der Waals surface area contributed by atoms with Crippen molar-refractivity contribution in [2.24, 2.45) is 13.0 Å². The summed E-state index contributed by atoms with van der Waals surface area (Å²) in [4.78, 5) is 11.4. The zero-order valence-corrected chi connectivity index (χ0v) is 14.9. The van der Waals surface area contributed by atoms with Crippen LogP contribution >= 0.6 is 0 Å². The molecule has 7 nitrogen and oxygen atoms in total. The lowest BCUT2D eigenvalue weighted by atomic mass is 9.86. The van der Waals surface area contributed by atoms with Crippen LogP contribution in [-0.2, 0) is 7.05 Å².